The molecule has 1 unspecified atom stereocenters. The lowest BCUT2D eigenvalue weighted by atomic mass is 10.0. The molecule has 0 bridgehead atoms. The molecule has 1 aromatic rings. The Labute approximate surface area is 176 Å². The highest BCUT2D eigenvalue weighted by atomic mass is 32.2. The van der Waals surface area contributed by atoms with Gasteiger partial charge in [0.1, 0.15) is 5.40 Å². The summed E-state index contributed by atoms with van der Waals surface area (Å²) in [4.78, 5) is 27.1. The summed E-state index contributed by atoms with van der Waals surface area (Å²) in [6.07, 6.45) is 0.370. The van der Waals surface area contributed by atoms with E-state index in [4.69, 9.17) is 26.4 Å². The number of hydrogen-bond acceptors (Lipinski definition) is 7. The largest absolute Gasteiger partial charge is 0.480 e. The van der Waals surface area contributed by atoms with Crippen molar-refractivity contribution in [2.24, 2.45) is 0 Å². The summed E-state index contributed by atoms with van der Waals surface area (Å²) in [6, 6.07) is 6.44. The van der Waals surface area contributed by atoms with Crippen molar-refractivity contribution < 1.29 is 19.8 Å². The molecule has 0 spiro atoms. The van der Waals surface area contributed by atoms with E-state index in [1.54, 1.807) is 19.1 Å². The maximum absolute atomic E-state index is 11.3. The van der Waals surface area contributed by atoms with Gasteiger partial charge in [-0.3, -0.25) is 24.3 Å². The highest BCUT2D eigenvalue weighted by Crippen LogP contribution is 2.19. The summed E-state index contributed by atoms with van der Waals surface area (Å²) in [5.41, 5.74) is 0.860. The van der Waals surface area contributed by atoms with Crippen LogP contribution in [-0.2, 0) is 16.0 Å². The average Bonchev–Trinajstić information content (AvgIpc) is 2.61. The zero-order chi connectivity index (χ0) is 22.0. The third kappa shape index (κ3) is 9.76. The van der Waals surface area contributed by atoms with Crippen LogP contribution in [0.1, 0.15) is 12.5 Å². The molecule has 0 aliphatic carbocycles. The molecule has 154 valence electrons. The summed E-state index contributed by atoms with van der Waals surface area (Å²) in [6.45, 7) is 1.39. The van der Waals surface area contributed by atoms with Crippen LogP contribution in [0.2, 0.25) is 0 Å². The third-order valence-corrected chi connectivity index (χ3v) is 4.80. The summed E-state index contributed by atoms with van der Waals surface area (Å²) in [7, 11) is 17.1. The first kappa shape index (κ1) is 24.9. The van der Waals surface area contributed by atoms with Crippen LogP contribution in [-0.4, -0.2) is 75.1 Å². The van der Waals surface area contributed by atoms with E-state index in [0.29, 0.717) is 13.0 Å². The topological polar surface area (TPSA) is 108 Å². The van der Waals surface area contributed by atoms with Crippen molar-refractivity contribution in [2.75, 3.05) is 26.2 Å². The maximum atomic E-state index is 11.3. The second-order valence-corrected chi connectivity index (χ2v) is 7.50. The van der Waals surface area contributed by atoms with Crippen LogP contribution >= 0.6 is 11.8 Å². The van der Waals surface area contributed by atoms with E-state index in [0.717, 1.165) is 27.1 Å². The zero-order valence-electron chi connectivity index (χ0n) is 16.1. The van der Waals surface area contributed by atoms with Gasteiger partial charge >= 0.3 is 11.9 Å². The smallest absolute Gasteiger partial charge is 0.317 e. The summed E-state index contributed by atoms with van der Waals surface area (Å²) >= 11 is 1.03. The van der Waals surface area contributed by atoms with E-state index >= 15 is 0 Å². The molecule has 0 amide bonds. The minimum Gasteiger partial charge on any atom is -0.480 e. The molecule has 6 radical (unpaired) electrons. The Balaban J connectivity index is 3.02. The van der Waals surface area contributed by atoms with Crippen LogP contribution in [0.25, 0.3) is 0 Å². The second-order valence-electron chi connectivity index (χ2n) is 6.64. The number of thiocyanates is 1. The molecule has 0 aromatic heterocycles. The van der Waals surface area contributed by atoms with Gasteiger partial charge in [0.05, 0.1) is 13.1 Å². The molecule has 0 aliphatic rings. The molecule has 9 heteroatoms. The van der Waals surface area contributed by atoms with Crippen molar-refractivity contribution in [3.8, 4) is 5.40 Å². The maximum Gasteiger partial charge on any atom is 0.317 e. The van der Waals surface area contributed by atoms with Crippen molar-refractivity contribution >= 4 is 23.7 Å². The van der Waals surface area contributed by atoms with Gasteiger partial charge in [-0.15, -0.1) is 0 Å². The van der Waals surface area contributed by atoms with Crippen molar-refractivity contribution in [1.82, 2.24) is 14.7 Å². The lowest BCUT2D eigenvalue weighted by molar-refractivity contribution is -0.143. The molecule has 0 fully saturated rings. The number of nitrogens with zero attached hydrogens (tertiary/aromatic N) is 4. The lowest BCUT2D eigenvalue weighted by Crippen LogP contribution is -2.49. The van der Waals surface area contributed by atoms with Gasteiger partial charge in [0, 0.05) is 51.2 Å². The Kier molecular flexibility index (Phi) is 10.7. The minimum absolute atomic E-state index is 0.202. The Morgan fingerprint density at radius 2 is 1.66 bits per heavy atom. The van der Waals surface area contributed by atoms with Crippen LogP contribution in [0, 0.1) is 31.8 Å². The van der Waals surface area contributed by atoms with Gasteiger partial charge in [-0.1, -0.05) is 12.1 Å². The molecule has 2 atom stereocenters. The second kappa shape index (κ2) is 12.4. The average molecular weight is 417 g/mol. The minimum atomic E-state index is -1.14. The molecule has 0 heterocycles. The number of hydrogen-bond donors (Lipinski definition) is 2. The monoisotopic (exact) mass is 416 g/mol. The normalized spacial score (nSPS) is 13.4. The van der Waals surface area contributed by atoms with Crippen LogP contribution in [0.15, 0.2) is 29.2 Å². The molecule has 0 saturated heterocycles. The molecular formula is C20H24N4O4S. The van der Waals surface area contributed by atoms with E-state index in [2.05, 4.69) is 0 Å². The van der Waals surface area contributed by atoms with Crippen LogP contribution in [0.3, 0.4) is 0 Å². The molecule has 1 aromatic carbocycles. The zero-order valence-corrected chi connectivity index (χ0v) is 17.0. The van der Waals surface area contributed by atoms with Crippen molar-refractivity contribution in [1.29, 1.82) is 5.26 Å². The molecule has 1 rings (SSSR count). The predicted molar refractivity (Wildman–Crippen MR) is 108 cm³/mol. The Morgan fingerprint density at radius 3 is 2.10 bits per heavy atom. The summed E-state index contributed by atoms with van der Waals surface area (Å²) in [5.74, 6) is -2.27. The quantitative estimate of drug-likeness (QED) is 0.282. The number of thioether (sulfide) groups is 1. The first-order chi connectivity index (χ1) is 13.6. The van der Waals surface area contributed by atoms with Gasteiger partial charge in [-0.05, 0) is 42.8 Å². The van der Waals surface area contributed by atoms with E-state index in [1.165, 1.54) is 9.80 Å². The number of benzene rings is 1. The number of rotatable bonds is 13. The van der Waals surface area contributed by atoms with Gasteiger partial charge in [-0.25, -0.2) is 0 Å². The summed E-state index contributed by atoms with van der Waals surface area (Å²) in [5, 5.41) is 29.1. The number of aliphatic carboxylic acids is 2. The molecule has 8 nitrogen and oxygen atoms in total. The van der Waals surface area contributed by atoms with E-state index < -0.39 is 31.1 Å². The van der Waals surface area contributed by atoms with E-state index in [1.807, 2.05) is 17.5 Å². The number of carboxylic acids is 2. The van der Waals surface area contributed by atoms with Crippen LogP contribution < -0.4 is 0 Å². The van der Waals surface area contributed by atoms with Crippen LogP contribution in [0.5, 0.6) is 0 Å². The van der Waals surface area contributed by atoms with Crippen LogP contribution in [0.4, 0.5) is 0 Å². The SMILES string of the molecule is [CH]N(CC(C)N([CH])[CH])C[C@@H](Cc1ccc(SC#N)cc1)N(CC(=O)O)CC(=O)O. The number of carboxylic acid groups (broad SMARTS) is 2. The highest BCUT2D eigenvalue weighted by Gasteiger charge is 2.25. The number of carbonyl (C=O) groups is 2. The first-order valence-corrected chi connectivity index (χ1v) is 9.54. The fraction of sp³-hybridized carbons (Fsp3) is 0.400. The molecule has 0 aliphatic heterocycles. The van der Waals surface area contributed by atoms with Crippen molar-refractivity contribution in [3.05, 3.63) is 51.0 Å². The standard InChI is InChI=1S/C20H24N4O4S/c1-15(22(2)3)10-23(4)11-17(24(12-19(25)26)13-20(27)28)9-16-5-7-18(8-6-16)29-14-21/h2-8,15,17H,9-13H2,1H3,(H,25,26)(H,27,28)/t15?,17-/m1/s1. The van der Waals surface area contributed by atoms with Crippen molar-refractivity contribution in [2.45, 2.75) is 30.3 Å². The number of nitriles is 1. The fourth-order valence-corrected chi connectivity index (χ4v) is 3.15. The van der Waals surface area contributed by atoms with E-state index in [-0.39, 0.29) is 12.6 Å². The van der Waals surface area contributed by atoms with Gasteiger partial charge in [-0.2, -0.15) is 5.26 Å². The third-order valence-electron chi connectivity index (χ3n) is 4.20. The van der Waals surface area contributed by atoms with Gasteiger partial charge in [0.15, 0.2) is 0 Å². The van der Waals surface area contributed by atoms with Gasteiger partial charge in [0.25, 0.3) is 0 Å². The molecule has 29 heavy (non-hydrogen) atoms. The summed E-state index contributed by atoms with van der Waals surface area (Å²) < 4.78 is 0. The van der Waals surface area contributed by atoms with Gasteiger partial charge in [0.2, 0.25) is 0 Å². The first-order valence-electron chi connectivity index (χ1n) is 8.73. The van der Waals surface area contributed by atoms with Gasteiger partial charge < -0.3 is 10.2 Å². The Morgan fingerprint density at radius 1 is 1.10 bits per heavy atom. The van der Waals surface area contributed by atoms with Crippen molar-refractivity contribution in [3.63, 3.8) is 0 Å². The Bertz CT molecular complexity index is 689. The molecule has 2 N–H and O–H groups in total. The predicted octanol–water partition coefficient (Wildman–Crippen LogP) is 1.64. The van der Waals surface area contributed by atoms with E-state index in [9.17, 15) is 19.8 Å². The molecular weight excluding hydrogens is 392 g/mol. The Hall–Kier alpha value is -2.12. The molecule has 0 saturated carbocycles. The highest BCUT2D eigenvalue weighted by molar-refractivity contribution is 8.03. The lowest BCUT2D eigenvalue weighted by Gasteiger charge is -2.34. The fourth-order valence-electron chi connectivity index (χ4n) is 2.77.